The minimum atomic E-state index is -0.307. The van der Waals surface area contributed by atoms with E-state index in [9.17, 15) is 4.79 Å². The number of ether oxygens (including phenoxy) is 2. The summed E-state index contributed by atoms with van der Waals surface area (Å²) in [5.74, 6) is 0.0506. The van der Waals surface area contributed by atoms with Crippen LogP contribution in [0.15, 0.2) is 0 Å². The standard InChI is InChI=1S/C6H10O3/c1-5(7)6-4-8-2-3-9-6/h6H,2-4H2,1H3/t6-/m1/s1. The summed E-state index contributed by atoms with van der Waals surface area (Å²) in [4.78, 5) is 10.6. The zero-order chi connectivity index (χ0) is 6.69. The van der Waals surface area contributed by atoms with Gasteiger partial charge in [0.05, 0.1) is 19.8 Å². The summed E-state index contributed by atoms with van der Waals surface area (Å²) in [7, 11) is 0. The second-order valence-corrected chi connectivity index (χ2v) is 2.04. The van der Waals surface area contributed by atoms with Crippen LogP contribution in [0.4, 0.5) is 0 Å². The maximum absolute atomic E-state index is 10.6. The highest BCUT2D eigenvalue weighted by Gasteiger charge is 2.17. The lowest BCUT2D eigenvalue weighted by Gasteiger charge is -2.19. The van der Waals surface area contributed by atoms with E-state index in [4.69, 9.17) is 9.47 Å². The van der Waals surface area contributed by atoms with E-state index in [0.29, 0.717) is 19.8 Å². The molecule has 1 heterocycles. The van der Waals surface area contributed by atoms with Gasteiger partial charge in [0, 0.05) is 0 Å². The third-order valence-electron chi connectivity index (χ3n) is 1.27. The number of hydrogen-bond acceptors (Lipinski definition) is 3. The van der Waals surface area contributed by atoms with Crippen molar-refractivity contribution in [1.82, 2.24) is 0 Å². The predicted octanol–water partition coefficient (Wildman–Crippen LogP) is -0.00920. The molecule has 1 atom stereocenters. The molecule has 3 nitrogen and oxygen atoms in total. The van der Waals surface area contributed by atoms with Gasteiger partial charge < -0.3 is 9.47 Å². The Labute approximate surface area is 53.9 Å². The lowest BCUT2D eigenvalue weighted by molar-refractivity contribution is -0.143. The van der Waals surface area contributed by atoms with Crippen molar-refractivity contribution in [3.05, 3.63) is 0 Å². The number of carbonyl (C=O) groups is 1. The molecule has 0 aliphatic carbocycles. The van der Waals surface area contributed by atoms with E-state index >= 15 is 0 Å². The van der Waals surface area contributed by atoms with Gasteiger partial charge in [0.1, 0.15) is 6.10 Å². The Balaban J connectivity index is 2.31. The Hall–Kier alpha value is -0.410. The molecule has 1 aliphatic heterocycles. The Morgan fingerprint density at radius 3 is 2.67 bits per heavy atom. The fourth-order valence-electron chi connectivity index (χ4n) is 0.722. The smallest absolute Gasteiger partial charge is 0.160 e. The van der Waals surface area contributed by atoms with Gasteiger partial charge >= 0.3 is 0 Å². The largest absolute Gasteiger partial charge is 0.376 e. The molecule has 1 saturated heterocycles. The van der Waals surface area contributed by atoms with Gasteiger partial charge in [0.2, 0.25) is 0 Å². The van der Waals surface area contributed by atoms with Gasteiger partial charge in [0.25, 0.3) is 0 Å². The van der Waals surface area contributed by atoms with Gasteiger partial charge in [-0.1, -0.05) is 0 Å². The van der Waals surface area contributed by atoms with Crippen LogP contribution >= 0.6 is 0 Å². The van der Waals surface area contributed by atoms with Crippen molar-refractivity contribution < 1.29 is 14.3 Å². The van der Waals surface area contributed by atoms with Crippen LogP contribution in [0.2, 0.25) is 0 Å². The molecule has 9 heavy (non-hydrogen) atoms. The van der Waals surface area contributed by atoms with Crippen molar-refractivity contribution >= 4 is 5.78 Å². The molecule has 0 aromatic rings. The van der Waals surface area contributed by atoms with Gasteiger partial charge in [-0.15, -0.1) is 0 Å². The highest BCUT2D eigenvalue weighted by molar-refractivity contribution is 5.80. The summed E-state index contributed by atoms with van der Waals surface area (Å²) in [6, 6.07) is 0. The van der Waals surface area contributed by atoms with Crippen LogP contribution in [0.1, 0.15) is 6.92 Å². The SMILES string of the molecule is CC(=O)[C@H]1COCCO1. The van der Waals surface area contributed by atoms with Crippen molar-refractivity contribution in [1.29, 1.82) is 0 Å². The van der Waals surface area contributed by atoms with Crippen LogP contribution in [0.25, 0.3) is 0 Å². The molecule has 0 aromatic heterocycles. The summed E-state index contributed by atoms with van der Waals surface area (Å²) in [6.07, 6.45) is -0.307. The molecule has 1 aliphatic rings. The summed E-state index contributed by atoms with van der Waals surface area (Å²) < 4.78 is 10.1. The van der Waals surface area contributed by atoms with Crippen LogP contribution in [0.5, 0.6) is 0 Å². The molecule has 0 aromatic carbocycles. The second kappa shape index (κ2) is 2.94. The zero-order valence-corrected chi connectivity index (χ0v) is 5.42. The van der Waals surface area contributed by atoms with E-state index in [1.54, 1.807) is 0 Å². The van der Waals surface area contributed by atoms with Gasteiger partial charge in [0.15, 0.2) is 5.78 Å². The Kier molecular flexibility index (Phi) is 2.19. The molecule has 1 fully saturated rings. The highest BCUT2D eigenvalue weighted by Crippen LogP contribution is 2.00. The Morgan fingerprint density at radius 1 is 1.56 bits per heavy atom. The molecule has 0 unspecified atom stereocenters. The van der Waals surface area contributed by atoms with Gasteiger partial charge in [-0.05, 0) is 6.92 Å². The first-order valence-corrected chi connectivity index (χ1v) is 3.00. The first-order chi connectivity index (χ1) is 4.30. The first-order valence-electron chi connectivity index (χ1n) is 3.00. The minimum Gasteiger partial charge on any atom is -0.376 e. The molecule has 52 valence electrons. The predicted molar refractivity (Wildman–Crippen MR) is 31.2 cm³/mol. The minimum absolute atomic E-state index is 0.0506. The topological polar surface area (TPSA) is 35.5 Å². The van der Waals surface area contributed by atoms with Crippen LogP contribution in [-0.2, 0) is 14.3 Å². The fourth-order valence-corrected chi connectivity index (χ4v) is 0.722. The average Bonchev–Trinajstić information content (AvgIpc) is 1.90. The number of rotatable bonds is 1. The third-order valence-corrected chi connectivity index (χ3v) is 1.27. The van der Waals surface area contributed by atoms with E-state index in [1.165, 1.54) is 6.92 Å². The van der Waals surface area contributed by atoms with Crippen molar-refractivity contribution in [2.45, 2.75) is 13.0 Å². The summed E-state index contributed by atoms with van der Waals surface area (Å²) in [6.45, 7) is 3.10. The van der Waals surface area contributed by atoms with Crippen molar-refractivity contribution in [2.75, 3.05) is 19.8 Å². The van der Waals surface area contributed by atoms with E-state index in [0.717, 1.165) is 0 Å². The number of hydrogen-bond donors (Lipinski definition) is 0. The van der Waals surface area contributed by atoms with Gasteiger partial charge in [-0.3, -0.25) is 4.79 Å². The van der Waals surface area contributed by atoms with Crippen molar-refractivity contribution in [3.63, 3.8) is 0 Å². The molecule has 0 saturated carbocycles. The summed E-state index contributed by atoms with van der Waals surface area (Å²) in [5.41, 5.74) is 0. The Bertz CT molecular complexity index is 105. The molecule has 0 radical (unpaired) electrons. The molecule has 0 spiro atoms. The number of Topliss-reactive ketones (excluding diaryl/α,β-unsaturated/α-hetero) is 1. The molecule has 0 amide bonds. The Morgan fingerprint density at radius 2 is 2.33 bits per heavy atom. The van der Waals surface area contributed by atoms with Gasteiger partial charge in [-0.25, -0.2) is 0 Å². The normalized spacial score (nSPS) is 27.9. The molecule has 0 bridgehead atoms. The lowest BCUT2D eigenvalue weighted by atomic mass is 10.2. The van der Waals surface area contributed by atoms with Crippen LogP contribution < -0.4 is 0 Å². The summed E-state index contributed by atoms with van der Waals surface area (Å²) in [5, 5.41) is 0. The zero-order valence-electron chi connectivity index (χ0n) is 5.42. The quantitative estimate of drug-likeness (QED) is 0.501. The van der Waals surface area contributed by atoms with E-state index in [-0.39, 0.29) is 11.9 Å². The van der Waals surface area contributed by atoms with Crippen molar-refractivity contribution in [3.8, 4) is 0 Å². The first kappa shape index (κ1) is 6.71. The van der Waals surface area contributed by atoms with E-state index in [2.05, 4.69) is 0 Å². The molecular formula is C6H10O3. The molecular weight excluding hydrogens is 120 g/mol. The van der Waals surface area contributed by atoms with Crippen molar-refractivity contribution in [2.24, 2.45) is 0 Å². The second-order valence-electron chi connectivity index (χ2n) is 2.04. The third kappa shape index (κ3) is 1.77. The van der Waals surface area contributed by atoms with E-state index in [1.807, 2.05) is 0 Å². The fraction of sp³-hybridized carbons (Fsp3) is 0.833. The molecule has 0 N–H and O–H groups in total. The maximum atomic E-state index is 10.6. The monoisotopic (exact) mass is 130 g/mol. The number of carbonyl (C=O) groups excluding carboxylic acids is 1. The maximum Gasteiger partial charge on any atom is 0.160 e. The van der Waals surface area contributed by atoms with E-state index < -0.39 is 0 Å². The van der Waals surface area contributed by atoms with Crippen LogP contribution in [0.3, 0.4) is 0 Å². The average molecular weight is 130 g/mol. The number of ketones is 1. The van der Waals surface area contributed by atoms with Crippen LogP contribution in [-0.4, -0.2) is 31.7 Å². The highest BCUT2D eigenvalue weighted by atomic mass is 16.6. The van der Waals surface area contributed by atoms with Gasteiger partial charge in [-0.2, -0.15) is 0 Å². The lowest BCUT2D eigenvalue weighted by Crippen LogP contribution is -2.33. The molecule has 1 rings (SSSR count). The molecule has 3 heteroatoms. The van der Waals surface area contributed by atoms with Crippen LogP contribution in [0, 0.1) is 0 Å². The summed E-state index contributed by atoms with van der Waals surface area (Å²) >= 11 is 0.